The number of para-hydroxylation sites is 1. The molecule has 3 rings (SSSR count). The monoisotopic (exact) mass is 245 g/mol. The number of nitrogens with one attached hydrogen (secondary N) is 1. The van der Waals surface area contributed by atoms with Crippen LogP contribution in [0.15, 0.2) is 24.3 Å². The minimum absolute atomic E-state index is 0.709. The van der Waals surface area contributed by atoms with Crippen LogP contribution < -0.4 is 5.32 Å². The molecule has 2 aliphatic heterocycles. The van der Waals surface area contributed by atoms with Crippen LogP contribution in [0.5, 0.6) is 0 Å². The normalized spacial score (nSPS) is 24.8. The smallest absolute Gasteiger partial charge is 0.0376 e. The van der Waals surface area contributed by atoms with Crippen molar-refractivity contribution in [1.29, 1.82) is 0 Å². The molecule has 2 heterocycles. The Balaban J connectivity index is 1.53. The molecule has 0 aromatic heterocycles. The van der Waals surface area contributed by atoms with E-state index in [0.29, 0.717) is 5.92 Å². The van der Waals surface area contributed by atoms with Crippen molar-refractivity contribution in [2.24, 2.45) is 0 Å². The molecule has 1 fully saturated rings. The Hall–Kier alpha value is -1.06. The van der Waals surface area contributed by atoms with Crippen molar-refractivity contribution in [3.8, 4) is 0 Å². The maximum absolute atomic E-state index is 3.52. The van der Waals surface area contributed by atoms with Crippen LogP contribution in [0.2, 0.25) is 0 Å². The van der Waals surface area contributed by atoms with Gasteiger partial charge in [0, 0.05) is 44.3 Å². The number of hydrogen-bond acceptors (Lipinski definition) is 3. The molecule has 1 unspecified atom stereocenters. The second kappa shape index (κ2) is 5.29. The fraction of sp³-hybridized carbons (Fsp3) is 0.600. The molecule has 1 aromatic rings. The van der Waals surface area contributed by atoms with Crippen LogP contribution in [0.4, 0.5) is 5.69 Å². The Morgan fingerprint density at radius 3 is 2.78 bits per heavy atom. The SMILES string of the molecule is CN1CCN(CCC2CNc3ccccc32)CC1. The van der Waals surface area contributed by atoms with Crippen LogP contribution in [0.1, 0.15) is 17.9 Å². The standard InChI is InChI=1S/C15H23N3/c1-17-8-10-18(11-9-17)7-6-13-12-16-15-5-3-2-4-14(13)15/h2-5,13,16H,6-12H2,1H3. The minimum atomic E-state index is 0.709. The fourth-order valence-corrected chi connectivity index (χ4v) is 3.02. The zero-order valence-electron chi connectivity index (χ0n) is 11.2. The molecule has 3 nitrogen and oxygen atoms in total. The molecule has 2 aliphatic rings. The average Bonchev–Trinajstić information content (AvgIpc) is 2.82. The summed E-state index contributed by atoms with van der Waals surface area (Å²) < 4.78 is 0. The number of anilines is 1. The van der Waals surface area contributed by atoms with Gasteiger partial charge < -0.3 is 15.1 Å². The minimum Gasteiger partial charge on any atom is -0.384 e. The molecule has 1 N–H and O–H groups in total. The van der Waals surface area contributed by atoms with Crippen molar-refractivity contribution in [2.45, 2.75) is 12.3 Å². The maximum atomic E-state index is 3.52. The van der Waals surface area contributed by atoms with E-state index in [1.54, 1.807) is 0 Å². The molecule has 0 amide bonds. The Bertz CT molecular complexity index is 396. The molecule has 98 valence electrons. The van der Waals surface area contributed by atoms with Crippen LogP contribution in [0.3, 0.4) is 0 Å². The van der Waals surface area contributed by atoms with E-state index in [4.69, 9.17) is 0 Å². The summed E-state index contributed by atoms with van der Waals surface area (Å²) in [5, 5.41) is 3.52. The summed E-state index contributed by atoms with van der Waals surface area (Å²) >= 11 is 0. The first-order valence-electron chi connectivity index (χ1n) is 7.06. The van der Waals surface area contributed by atoms with Gasteiger partial charge in [-0.2, -0.15) is 0 Å². The van der Waals surface area contributed by atoms with Gasteiger partial charge >= 0.3 is 0 Å². The Morgan fingerprint density at radius 1 is 1.17 bits per heavy atom. The van der Waals surface area contributed by atoms with E-state index >= 15 is 0 Å². The van der Waals surface area contributed by atoms with Crippen molar-refractivity contribution in [2.75, 3.05) is 51.6 Å². The van der Waals surface area contributed by atoms with Crippen LogP contribution in [-0.4, -0.2) is 56.1 Å². The maximum Gasteiger partial charge on any atom is 0.0376 e. The number of nitrogens with zero attached hydrogens (tertiary/aromatic N) is 2. The molecule has 1 saturated heterocycles. The first-order chi connectivity index (χ1) is 8.83. The van der Waals surface area contributed by atoms with Gasteiger partial charge in [0.1, 0.15) is 0 Å². The van der Waals surface area contributed by atoms with Gasteiger partial charge in [0.15, 0.2) is 0 Å². The summed E-state index contributed by atoms with van der Waals surface area (Å²) in [6, 6.07) is 8.76. The first kappa shape index (κ1) is 12.0. The molecule has 0 aliphatic carbocycles. The molecule has 18 heavy (non-hydrogen) atoms. The second-order valence-corrected chi connectivity index (χ2v) is 5.60. The van der Waals surface area contributed by atoms with Crippen molar-refractivity contribution in [3.05, 3.63) is 29.8 Å². The largest absolute Gasteiger partial charge is 0.384 e. The lowest BCUT2D eigenvalue weighted by Gasteiger charge is -2.32. The van der Waals surface area contributed by atoms with Gasteiger partial charge in [0.05, 0.1) is 0 Å². The van der Waals surface area contributed by atoms with E-state index in [2.05, 4.69) is 46.4 Å². The molecule has 0 spiro atoms. The molecule has 0 radical (unpaired) electrons. The van der Waals surface area contributed by atoms with Crippen molar-refractivity contribution in [3.63, 3.8) is 0 Å². The Labute approximate surface area is 110 Å². The second-order valence-electron chi connectivity index (χ2n) is 5.60. The third-order valence-corrected chi connectivity index (χ3v) is 4.33. The highest BCUT2D eigenvalue weighted by Gasteiger charge is 2.22. The van der Waals surface area contributed by atoms with E-state index in [1.165, 1.54) is 50.4 Å². The summed E-state index contributed by atoms with van der Waals surface area (Å²) in [7, 11) is 2.22. The number of hydrogen-bond donors (Lipinski definition) is 1. The van der Waals surface area contributed by atoms with Crippen LogP contribution in [0.25, 0.3) is 0 Å². The topological polar surface area (TPSA) is 18.5 Å². The van der Waals surface area contributed by atoms with Gasteiger partial charge in [0.2, 0.25) is 0 Å². The van der Waals surface area contributed by atoms with E-state index in [0.717, 1.165) is 6.54 Å². The zero-order chi connectivity index (χ0) is 12.4. The summed E-state index contributed by atoms with van der Waals surface area (Å²) in [4.78, 5) is 5.03. The predicted molar refractivity (Wildman–Crippen MR) is 76.2 cm³/mol. The van der Waals surface area contributed by atoms with E-state index in [-0.39, 0.29) is 0 Å². The van der Waals surface area contributed by atoms with E-state index in [1.807, 2.05) is 0 Å². The lowest BCUT2D eigenvalue weighted by atomic mass is 9.97. The lowest BCUT2D eigenvalue weighted by molar-refractivity contribution is 0.151. The summed E-state index contributed by atoms with van der Waals surface area (Å²) in [6.45, 7) is 7.28. The number of benzene rings is 1. The highest BCUT2D eigenvalue weighted by molar-refractivity contribution is 5.57. The van der Waals surface area contributed by atoms with Crippen molar-refractivity contribution < 1.29 is 0 Å². The van der Waals surface area contributed by atoms with Gasteiger partial charge in [-0.15, -0.1) is 0 Å². The molecule has 1 atom stereocenters. The Morgan fingerprint density at radius 2 is 1.94 bits per heavy atom. The number of fused-ring (bicyclic) bond motifs is 1. The van der Waals surface area contributed by atoms with Crippen LogP contribution in [0, 0.1) is 0 Å². The van der Waals surface area contributed by atoms with Gasteiger partial charge in [-0.05, 0) is 31.6 Å². The van der Waals surface area contributed by atoms with Crippen molar-refractivity contribution >= 4 is 5.69 Å². The average molecular weight is 245 g/mol. The van der Waals surface area contributed by atoms with Gasteiger partial charge in [-0.25, -0.2) is 0 Å². The zero-order valence-corrected chi connectivity index (χ0v) is 11.2. The molecule has 0 bridgehead atoms. The number of likely N-dealkylation sites (N-methyl/N-ethyl adjacent to an activating group) is 1. The van der Waals surface area contributed by atoms with Gasteiger partial charge in [0.25, 0.3) is 0 Å². The fourth-order valence-electron chi connectivity index (χ4n) is 3.02. The summed E-state index contributed by atoms with van der Waals surface area (Å²) in [6.07, 6.45) is 1.29. The quantitative estimate of drug-likeness (QED) is 0.876. The molecule has 0 saturated carbocycles. The predicted octanol–water partition coefficient (Wildman–Crippen LogP) is 1.83. The summed E-state index contributed by atoms with van der Waals surface area (Å²) in [5.41, 5.74) is 2.87. The number of piperazine rings is 1. The van der Waals surface area contributed by atoms with Crippen LogP contribution in [-0.2, 0) is 0 Å². The molecular formula is C15H23N3. The highest BCUT2D eigenvalue weighted by atomic mass is 15.2. The van der Waals surface area contributed by atoms with Gasteiger partial charge in [-0.1, -0.05) is 18.2 Å². The van der Waals surface area contributed by atoms with Crippen LogP contribution >= 0.6 is 0 Å². The van der Waals surface area contributed by atoms with Crippen molar-refractivity contribution in [1.82, 2.24) is 9.80 Å². The summed E-state index contributed by atoms with van der Waals surface area (Å²) in [5.74, 6) is 0.709. The Kier molecular flexibility index (Phi) is 3.52. The van der Waals surface area contributed by atoms with E-state index in [9.17, 15) is 0 Å². The number of rotatable bonds is 3. The third-order valence-electron chi connectivity index (χ3n) is 4.33. The third kappa shape index (κ3) is 2.52. The molecule has 3 heteroatoms. The first-order valence-corrected chi connectivity index (χ1v) is 7.06. The molecule has 1 aromatic carbocycles. The lowest BCUT2D eigenvalue weighted by Crippen LogP contribution is -2.44. The van der Waals surface area contributed by atoms with E-state index < -0.39 is 0 Å². The highest BCUT2D eigenvalue weighted by Crippen LogP contribution is 2.33. The van der Waals surface area contributed by atoms with Gasteiger partial charge in [-0.3, -0.25) is 0 Å². The molecular weight excluding hydrogens is 222 g/mol.